The lowest BCUT2D eigenvalue weighted by Gasteiger charge is -2.27. The Kier molecular flexibility index (Phi) is 6.60. The highest BCUT2D eigenvalue weighted by atomic mass is 16.6. The summed E-state index contributed by atoms with van der Waals surface area (Å²) in [6.45, 7) is 12.8. The van der Waals surface area contributed by atoms with Crippen LogP contribution in [0.1, 0.15) is 41.5 Å². The maximum absolute atomic E-state index is 11.9. The number of esters is 3. The Hall–Kier alpha value is -1.85. The van der Waals surface area contributed by atoms with E-state index in [1.807, 2.05) is 0 Å². The molecule has 0 aliphatic rings. The largest absolute Gasteiger partial charge is 0.462 e. The van der Waals surface area contributed by atoms with Gasteiger partial charge in [0.15, 0.2) is 0 Å². The minimum Gasteiger partial charge on any atom is -0.462 e. The second-order valence-corrected chi connectivity index (χ2v) is 6.20. The molecule has 0 unspecified atom stereocenters. The highest BCUT2D eigenvalue weighted by molar-refractivity contribution is 5.87. The molecule has 0 spiro atoms. The molecule has 0 amide bonds. The number of hydrogen-bond donors (Lipinski definition) is 0. The third kappa shape index (κ3) is 7.48. The van der Waals surface area contributed by atoms with Crippen molar-refractivity contribution >= 4 is 17.9 Å². The fourth-order valence-electron chi connectivity index (χ4n) is 1.26. The van der Waals surface area contributed by atoms with E-state index in [1.54, 1.807) is 20.8 Å². The van der Waals surface area contributed by atoms with E-state index in [9.17, 15) is 14.4 Å². The molecule has 0 radical (unpaired) electrons. The number of rotatable bonds is 7. The van der Waals surface area contributed by atoms with Crippen LogP contribution in [0.15, 0.2) is 12.2 Å². The lowest BCUT2D eigenvalue weighted by molar-refractivity contribution is -0.180. The van der Waals surface area contributed by atoms with Gasteiger partial charge in [-0.2, -0.15) is 0 Å². The molecule has 0 aromatic carbocycles. The van der Waals surface area contributed by atoms with Crippen LogP contribution in [0.25, 0.3) is 0 Å². The van der Waals surface area contributed by atoms with E-state index in [4.69, 9.17) is 14.2 Å². The van der Waals surface area contributed by atoms with Gasteiger partial charge in [0.05, 0.1) is 13.2 Å². The summed E-state index contributed by atoms with van der Waals surface area (Å²) in [4.78, 5) is 34.1. The van der Waals surface area contributed by atoms with Crippen LogP contribution in [-0.2, 0) is 28.6 Å². The predicted octanol–water partition coefficient (Wildman–Crippen LogP) is 2.02. The Morgan fingerprint density at radius 2 is 1.43 bits per heavy atom. The summed E-state index contributed by atoms with van der Waals surface area (Å²) >= 11 is 0. The van der Waals surface area contributed by atoms with Crippen molar-refractivity contribution in [2.45, 2.75) is 47.1 Å². The first-order valence-electron chi connectivity index (χ1n) is 6.57. The van der Waals surface area contributed by atoms with Crippen molar-refractivity contribution in [3.05, 3.63) is 12.2 Å². The van der Waals surface area contributed by atoms with Gasteiger partial charge in [0.25, 0.3) is 0 Å². The summed E-state index contributed by atoms with van der Waals surface area (Å²) in [5.41, 5.74) is -1.61. The van der Waals surface area contributed by atoms with Crippen LogP contribution < -0.4 is 0 Å². The predicted molar refractivity (Wildman–Crippen MR) is 76.4 cm³/mol. The molecule has 0 atom stereocenters. The quantitative estimate of drug-likeness (QED) is 0.406. The molecule has 0 aromatic rings. The minimum atomic E-state index is -1.35. The second kappa shape index (κ2) is 7.24. The van der Waals surface area contributed by atoms with Gasteiger partial charge in [0, 0.05) is 17.9 Å². The van der Waals surface area contributed by atoms with Crippen LogP contribution in [0.2, 0.25) is 0 Å². The van der Waals surface area contributed by atoms with Crippen LogP contribution in [0.5, 0.6) is 0 Å². The summed E-state index contributed by atoms with van der Waals surface area (Å²) < 4.78 is 15.1. The topological polar surface area (TPSA) is 78.9 Å². The van der Waals surface area contributed by atoms with Crippen LogP contribution >= 0.6 is 0 Å². The van der Waals surface area contributed by atoms with Crippen molar-refractivity contribution in [2.24, 2.45) is 5.41 Å². The van der Waals surface area contributed by atoms with Crippen molar-refractivity contribution < 1.29 is 28.6 Å². The molecule has 0 aliphatic carbocycles. The zero-order valence-corrected chi connectivity index (χ0v) is 13.6. The number of carbonyl (C=O) groups excluding carboxylic acids is 3. The van der Waals surface area contributed by atoms with E-state index in [0.717, 1.165) is 0 Å². The second-order valence-electron chi connectivity index (χ2n) is 6.20. The van der Waals surface area contributed by atoms with Gasteiger partial charge in [0.1, 0.15) is 0 Å². The summed E-state index contributed by atoms with van der Waals surface area (Å²) in [7, 11) is 0. The highest BCUT2D eigenvalue weighted by Gasteiger charge is 2.34. The van der Waals surface area contributed by atoms with Gasteiger partial charge in [-0.1, -0.05) is 20.4 Å². The van der Waals surface area contributed by atoms with E-state index >= 15 is 0 Å². The van der Waals surface area contributed by atoms with Crippen molar-refractivity contribution in [3.63, 3.8) is 0 Å². The Morgan fingerprint density at radius 1 is 0.952 bits per heavy atom. The molecule has 0 aromatic heterocycles. The molecule has 0 aliphatic heterocycles. The molecular formula is C15H24O6. The first kappa shape index (κ1) is 19.1. The maximum Gasteiger partial charge on any atom is 0.350 e. The molecule has 6 nitrogen and oxygen atoms in total. The van der Waals surface area contributed by atoms with Gasteiger partial charge >= 0.3 is 17.9 Å². The molecule has 0 fully saturated rings. The summed E-state index contributed by atoms with van der Waals surface area (Å²) in [5.74, 6) is -1.71. The van der Waals surface area contributed by atoms with E-state index in [-0.39, 0.29) is 13.2 Å². The van der Waals surface area contributed by atoms with E-state index in [0.29, 0.717) is 5.57 Å². The smallest absolute Gasteiger partial charge is 0.350 e. The monoisotopic (exact) mass is 300 g/mol. The molecule has 120 valence electrons. The Labute approximate surface area is 125 Å². The molecule has 21 heavy (non-hydrogen) atoms. The highest BCUT2D eigenvalue weighted by Crippen LogP contribution is 2.19. The summed E-state index contributed by atoms with van der Waals surface area (Å²) in [6, 6.07) is 0. The zero-order valence-electron chi connectivity index (χ0n) is 13.6. The molecule has 0 saturated heterocycles. The molecular weight excluding hydrogens is 276 g/mol. The van der Waals surface area contributed by atoms with Crippen molar-refractivity contribution in [1.82, 2.24) is 0 Å². The van der Waals surface area contributed by atoms with Crippen molar-refractivity contribution in [3.8, 4) is 0 Å². The first-order chi connectivity index (χ1) is 9.37. The van der Waals surface area contributed by atoms with Crippen LogP contribution in [0.3, 0.4) is 0 Å². The molecule has 0 heterocycles. The third-order valence-corrected chi connectivity index (χ3v) is 2.43. The normalized spacial score (nSPS) is 11.5. The zero-order chi connectivity index (χ0) is 16.8. The van der Waals surface area contributed by atoms with Gasteiger partial charge in [-0.05, 0) is 20.8 Å². The Bertz CT molecular complexity index is 433. The van der Waals surface area contributed by atoms with Gasteiger partial charge < -0.3 is 14.2 Å². The average Bonchev–Trinajstić information content (AvgIpc) is 2.31. The van der Waals surface area contributed by atoms with Gasteiger partial charge in [-0.15, -0.1) is 0 Å². The lowest BCUT2D eigenvalue weighted by atomic mass is 9.96. The molecule has 0 N–H and O–H groups in total. The van der Waals surface area contributed by atoms with Crippen LogP contribution in [-0.4, -0.2) is 36.7 Å². The van der Waals surface area contributed by atoms with Gasteiger partial charge in [-0.25, -0.2) is 9.59 Å². The first-order valence-corrected chi connectivity index (χ1v) is 6.57. The Balaban J connectivity index is 4.42. The molecule has 0 bridgehead atoms. The standard InChI is InChI=1S/C15H24O6/c1-10(2)12(17)19-8-14(4,5)9-20-13(18)15(6,7)21-11(3)16/h1,8-9H2,2-7H3. The van der Waals surface area contributed by atoms with Crippen LogP contribution in [0.4, 0.5) is 0 Å². The fourth-order valence-corrected chi connectivity index (χ4v) is 1.26. The molecule has 0 saturated carbocycles. The summed E-state index contributed by atoms with van der Waals surface area (Å²) in [6.07, 6.45) is 0. The van der Waals surface area contributed by atoms with Crippen molar-refractivity contribution in [1.29, 1.82) is 0 Å². The third-order valence-electron chi connectivity index (χ3n) is 2.43. The average molecular weight is 300 g/mol. The van der Waals surface area contributed by atoms with E-state index < -0.39 is 28.9 Å². The van der Waals surface area contributed by atoms with E-state index in [1.165, 1.54) is 20.8 Å². The molecule has 0 rings (SSSR count). The molecule has 6 heteroatoms. The number of hydrogen-bond acceptors (Lipinski definition) is 6. The van der Waals surface area contributed by atoms with Crippen molar-refractivity contribution in [2.75, 3.05) is 13.2 Å². The van der Waals surface area contributed by atoms with E-state index in [2.05, 4.69) is 6.58 Å². The van der Waals surface area contributed by atoms with Gasteiger partial charge in [-0.3, -0.25) is 4.79 Å². The van der Waals surface area contributed by atoms with Crippen LogP contribution in [0, 0.1) is 5.41 Å². The Morgan fingerprint density at radius 3 is 1.86 bits per heavy atom. The maximum atomic E-state index is 11.9. The van der Waals surface area contributed by atoms with Gasteiger partial charge in [0.2, 0.25) is 5.60 Å². The number of carbonyl (C=O) groups is 3. The number of ether oxygens (including phenoxy) is 3. The SMILES string of the molecule is C=C(C)C(=O)OCC(C)(C)COC(=O)C(C)(C)OC(C)=O. The minimum absolute atomic E-state index is 0.0278. The fraction of sp³-hybridized carbons (Fsp3) is 0.667. The summed E-state index contributed by atoms with van der Waals surface area (Å²) in [5, 5.41) is 0. The lowest BCUT2D eigenvalue weighted by Crippen LogP contribution is -2.40.